The number of amides is 1. The van der Waals surface area contributed by atoms with Gasteiger partial charge in [-0.15, -0.1) is 0 Å². The molecule has 0 atom stereocenters. The van der Waals surface area contributed by atoms with Gasteiger partial charge in [-0.3, -0.25) is 9.78 Å². The number of benzene rings is 1. The minimum absolute atomic E-state index is 0.0269. The highest BCUT2D eigenvalue weighted by atomic mass is 19.3. The maximum atomic E-state index is 14.0. The second-order valence-electron chi connectivity index (χ2n) is 6.38. The minimum atomic E-state index is -3.08. The predicted octanol–water partition coefficient (Wildman–Crippen LogP) is 3.59. The molecule has 1 N–H and O–H groups in total. The van der Waals surface area contributed by atoms with Gasteiger partial charge in [0.25, 0.3) is 0 Å². The second-order valence-corrected chi connectivity index (χ2v) is 6.38. The van der Waals surface area contributed by atoms with Crippen molar-refractivity contribution in [1.82, 2.24) is 10.3 Å². The summed E-state index contributed by atoms with van der Waals surface area (Å²) < 4.78 is 42.6. The van der Waals surface area contributed by atoms with E-state index in [1.54, 1.807) is 6.20 Å². The predicted molar refractivity (Wildman–Crippen MR) is 95.3 cm³/mol. The summed E-state index contributed by atoms with van der Waals surface area (Å²) in [4.78, 5) is 17.6. The summed E-state index contributed by atoms with van der Waals surface area (Å²) in [6.45, 7) is -0.00112. The van der Waals surface area contributed by atoms with Crippen LogP contribution in [0.2, 0.25) is 0 Å². The fourth-order valence-corrected chi connectivity index (χ4v) is 3.20. The van der Waals surface area contributed by atoms with E-state index in [9.17, 15) is 18.0 Å². The molecule has 1 aromatic heterocycles. The molecule has 3 rings (SSSR count). The molecule has 2 heterocycles. The lowest BCUT2D eigenvalue weighted by Crippen LogP contribution is -2.44. The molecule has 8 heteroatoms. The van der Waals surface area contributed by atoms with Crippen LogP contribution in [0.3, 0.4) is 0 Å². The zero-order chi connectivity index (χ0) is 19.4. The molecule has 5 nitrogen and oxygen atoms in total. The Balaban J connectivity index is 1.73. The molecule has 1 saturated heterocycles. The summed E-state index contributed by atoms with van der Waals surface area (Å²) in [5.74, 6) is -1.39. The maximum absolute atomic E-state index is 14.0. The molecule has 1 aliphatic heterocycles. The molecule has 1 fully saturated rings. The van der Waals surface area contributed by atoms with Crippen LogP contribution in [0.1, 0.15) is 19.8 Å². The van der Waals surface area contributed by atoms with E-state index in [0.29, 0.717) is 11.3 Å². The summed E-state index contributed by atoms with van der Waals surface area (Å²) in [6.07, 6.45) is 3.31. The quantitative estimate of drug-likeness (QED) is 0.863. The highest BCUT2D eigenvalue weighted by Gasteiger charge is 2.20. The van der Waals surface area contributed by atoms with Gasteiger partial charge in [0.05, 0.1) is 5.69 Å². The fraction of sp³-hybridized carbons (Fsp3) is 0.368. The van der Waals surface area contributed by atoms with E-state index in [1.165, 1.54) is 19.1 Å². The largest absolute Gasteiger partial charge is 0.432 e. The van der Waals surface area contributed by atoms with E-state index in [-0.39, 0.29) is 11.9 Å². The Morgan fingerprint density at radius 3 is 2.63 bits per heavy atom. The topological polar surface area (TPSA) is 54.5 Å². The first-order valence-electron chi connectivity index (χ1n) is 8.65. The Hall–Kier alpha value is -2.77. The number of aromatic nitrogens is 1. The third-order valence-corrected chi connectivity index (χ3v) is 4.45. The summed E-state index contributed by atoms with van der Waals surface area (Å²) in [5.41, 5.74) is 1.96. The first-order valence-corrected chi connectivity index (χ1v) is 8.65. The number of carbonyl (C=O) groups is 1. The Bertz CT molecular complexity index is 809. The number of alkyl halides is 2. The van der Waals surface area contributed by atoms with Gasteiger partial charge in [-0.25, -0.2) is 4.39 Å². The van der Waals surface area contributed by atoms with Gasteiger partial charge in [-0.1, -0.05) is 0 Å². The lowest BCUT2D eigenvalue weighted by Gasteiger charge is -2.33. The van der Waals surface area contributed by atoms with E-state index in [2.05, 4.69) is 19.9 Å². The number of hydrogen-bond donors (Lipinski definition) is 1. The van der Waals surface area contributed by atoms with Crippen molar-refractivity contribution < 1.29 is 22.7 Å². The van der Waals surface area contributed by atoms with Crippen molar-refractivity contribution in [3.63, 3.8) is 0 Å². The van der Waals surface area contributed by atoms with Gasteiger partial charge in [0.15, 0.2) is 11.6 Å². The van der Waals surface area contributed by atoms with Gasteiger partial charge in [0.2, 0.25) is 5.91 Å². The number of ether oxygens (including phenoxy) is 1. The summed E-state index contributed by atoms with van der Waals surface area (Å²) in [7, 11) is 0. The number of piperidine rings is 1. The molecule has 1 amide bonds. The maximum Gasteiger partial charge on any atom is 0.387 e. The van der Waals surface area contributed by atoms with Gasteiger partial charge in [-0.2, -0.15) is 8.78 Å². The Kier molecular flexibility index (Phi) is 5.83. The molecular weight excluding hydrogens is 359 g/mol. The number of halogens is 3. The minimum Gasteiger partial charge on any atom is -0.432 e. The van der Waals surface area contributed by atoms with Gasteiger partial charge in [0.1, 0.15) is 0 Å². The summed E-state index contributed by atoms with van der Waals surface area (Å²) >= 11 is 0. The molecule has 1 aromatic carbocycles. The van der Waals surface area contributed by atoms with Gasteiger partial charge in [-0.05, 0) is 43.2 Å². The zero-order valence-corrected chi connectivity index (χ0v) is 14.8. The van der Waals surface area contributed by atoms with Gasteiger partial charge >= 0.3 is 6.61 Å². The molecule has 0 bridgehead atoms. The van der Waals surface area contributed by atoms with Gasteiger partial charge in [0, 0.05) is 43.5 Å². The van der Waals surface area contributed by atoms with Crippen LogP contribution in [-0.2, 0) is 4.79 Å². The monoisotopic (exact) mass is 379 g/mol. The van der Waals surface area contributed by atoms with E-state index in [1.807, 2.05) is 12.1 Å². The number of carbonyl (C=O) groups excluding carboxylic acids is 1. The lowest BCUT2D eigenvalue weighted by atomic mass is 10.0. The number of anilines is 1. The van der Waals surface area contributed by atoms with Crippen LogP contribution in [0.5, 0.6) is 5.75 Å². The Labute approximate surface area is 155 Å². The molecular formula is C19H20F3N3O2. The number of pyridine rings is 1. The van der Waals surface area contributed by atoms with Crippen molar-refractivity contribution in [2.75, 3.05) is 18.0 Å². The van der Waals surface area contributed by atoms with Crippen molar-refractivity contribution >= 4 is 11.6 Å². The summed E-state index contributed by atoms with van der Waals surface area (Å²) in [6, 6.07) is 7.68. The van der Waals surface area contributed by atoms with E-state index in [0.717, 1.165) is 37.7 Å². The Morgan fingerprint density at radius 2 is 2.00 bits per heavy atom. The molecule has 0 saturated carbocycles. The normalized spacial score (nSPS) is 15.1. The molecule has 0 radical (unpaired) electrons. The zero-order valence-electron chi connectivity index (χ0n) is 14.8. The third-order valence-electron chi connectivity index (χ3n) is 4.45. The average molecular weight is 379 g/mol. The third kappa shape index (κ3) is 4.90. The number of nitrogens with one attached hydrogen (secondary N) is 1. The summed E-state index contributed by atoms with van der Waals surface area (Å²) in [5, 5.41) is 2.93. The standard InChI is InChI=1S/C19H20F3N3O2/c1-12(26)24-14-5-8-25(9-6-14)15-4-7-23-17(11-15)13-2-3-18(16(20)10-13)27-19(21)22/h2-4,7,10-11,14,19H,5-6,8-9H2,1H3,(H,24,26). The molecule has 0 spiro atoms. The fourth-order valence-electron chi connectivity index (χ4n) is 3.20. The molecule has 144 valence electrons. The molecule has 2 aromatic rings. The second kappa shape index (κ2) is 8.28. The lowest BCUT2D eigenvalue weighted by molar-refractivity contribution is -0.119. The van der Waals surface area contributed by atoms with Crippen LogP contribution >= 0.6 is 0 Å². The molecule has 27 heavy (non-hydrogen) atoms. The van der Waals surface area contributed by atoms with E-state index in [4.69, 9.17) is 0 Å². The smallest absolute Gasteiger partial charge is 0.387 e. The number of nitrogens with zero attached hydrogens (tertiary/aromatic N) is 2. The van der Waals surface area contributed by atoms with Crippen molar-refractivity contribution in [1.29, 1.82) is 0 Å². The number of hydrogen-bond acceptors (Lipinski definition) is 4. The highest BCUT2D eigenvalue weighted by Crippen LogP contribution is 2.28. The first-order chi connectivity index (χ1) is 12.9. The Morgan fingerprint density at radius 1 is 1.26 bits per heavy atom. The van der Waals surface area contributed by atoms with Crippen LogP contribution in [0.4, 0.5) is 18.9 Å². The van der Waals surface area contributed by atoms with Crippen LogP contribution < -0.4 is 15.0 Å². The van der Waals surface area contributed by atoms with E-state index < -0.39 is 18.2 Å². The van der Waals surface area contributed by atoms with Crippen LogP contribution in [-0.4, -0.2) is 36.6 Å². The van der Waals surface area contributed by atoms with Crippen LogP contribution in [0.25, 0.3) is 11.3 Å². The molecule has 0 unspecified atom stereocenters. The van der Waals surface area contributed by atoms with Crippen LogP contribution in [0, 0.1) is 5.82 Å². The van der Waals surface area contributed by atoms with Gasteiger partial charge < -0.3 is 15.0 Å². The number of rotatable bonds is 5. The van der Waals surface area contributed by atoms with Crippen molar-refractivity contribution in [3.8, 4) is 17.0 Å². The molecule has 0 aliphatic carbocycles. The first kappa shape index (κ1) is 19.0. The van der Waals surface area contributed by atoms with E-state index >= 15 is 0 Å². The highest BCUT2D eigenvalue weighted by molar-refractivity contribution is 5.73. The van der Waals surface area contributed by atoms with Crippen molar-refractivity contribution in [3.05, 3.63) is 42.3 Å². The van der Waals surface area contributed by atoms with Crippen molar-refractivity contribution in [2.24, 2.45) is 0 Å². The van der Waals surface area contributed by atoms with Crippen molar-refractivity contribution in [2.45, 2.75) is 32.4 Å². The SMILES string of the molecule is CC(=O)NC1CCN(c2ccnc(-c3ccc(OC(F)F)c(F)c3)c2)CC1. The molecule has 1 aliphatic rings. The van der Waals surface area contributed by atoms with Crippen LogP contribution in [0.15, 0.2) is 36.5 Å². The average Bonchev–Trinajstić information content (AvgIpc) is 2.63.